The molecule has 21 heavy (non-hydrogen) atoms. The van der Waals surface area contributed by atoms with E-state index in [1.165, 1.54) is 0 Å². The molecule has 106 valence electrons. The van der Waals surface area contributed by atoms with Gasteiger partial charge < -0.3 is 9.84 Å². The summed E-state index contributed by atoms with van der Waals surface area (Å²) in [5.74, 6) is 1.24. The van der Waals surface area contributed by atoms with Crippen molar-refractivity contribution in [1.82, 2.24) is 4.98 Å². The van der Waals surface area contributed by atoms with Crippen molar-refractivity contribution in [3.8, 4) is 11.6 Å². The summed E-state index contributed by atoms with van der Waals surface area (Å²) in [5, 5.41) is 11.3. The zero-order chi connectivity index (χ0) is 14.8. The third-order valence-corrected chi connectivity index (χ3v) is 4.15. The normalized spacial score (nSPS) is 10.8. The van der Waals surface area contributed by atoms with E-state index >= 15 is 0 Å². The Kier molecular flexibility index (Phi) is 3.90. The highest BCUT2D eigenvalue weighted by Gasteiger charge is 2.08. The summed E-state index contributed by atoms with van der Waals surface area (Å²) in [6, 6.07) is 15.5. The Hall–Kier alpha value is -1.91. The first-order valence-corrected chi connectivity index (χ1v) is 7.40. The van der Waals surface area contributed by atoms with Crippen LogP contribution in [0.3, 0.4) is 0 Å². The highest BCUT2D eigenvalue weighted by atomic mass is 79.9. The van der Waals surface area contributed by atoms with Crippen molar-refractivity contribution in [1.29, 1.82) is 0 Å². The molecule has 0 bridgehead atoms. The fourth-order valence-electron chi connectivity index (χ4n) is 2.17. The van der Waals surface area contributed by atoms with Crippen LogP contribution in [0.5, 0.6) is 11.6 Å². The van der Waals surface area contributed by atoms with Gasteiger partial charge in [0.2, 0.25) is 5.88 Å². The van der Waals surface area contributed by atoms with Gasteiger partial charge in [-0.3, -0.25) is 0 Å². The molecule has 0 aliphatic heterocycles. The van der Waals surface area contributed by atoms with Crippen LogP contribution in [-0.2, 0) is 6.61 Å². The molecule has 0 aliphatic carbocycles. The number of benzene rings is 2. The lowest BCUT2D eigenvalue weighted by molar-refractivity contribution is 0.275. The van der Waals surface area contributed by atoms with Gasteiger partial charge in [0.25, 0.3) is 0 Å². The molecule has 0 saturated heterocycles. The lowest BCUT2D eigenvalue weighted by Crippen LogP contribution is -1.95. The first-order chi connectivity index (χ1) is 10.2. The molecule has 2 aromatic carbocycles. The zero-order valence-electron chi connectivity index (χ0n) is 11.5. The number of rotatable bonds is 3. The standard InChI is InChI=1S/C17H14BrNO2/c1-11-8-14(6-7-16(11)18)21-17-15-5-3-2-4-12(15)9-13(10-20)19-17/h2-9,20H,10H2,1H3. The number of nitrogens with zero attached hydrogens (tertiary/aromatic N) is 1. The molecular formula is C17H14BrNO2. The van der Waals surface area contributed by atoms with Gasteiger partial charge in [0.1, 0.15) is 5.75 Å². The molecule has 1 N–H and O–H groups in total. The minimum absolute atomic E-state index is 0.111. The van der Waals surface area contributed by atoms with E-state index in [4.69, 9.17) is 4.74 Å². The third-order valence-electron chi connectivity index (χ3n) is 3.26. The molecule has 0 fully saturated rings. The summed E-state index contributed by atoms with van der Waals surface area (Å²) < 4.78 is 6.97. The van der Waals surface area contributed by atoms with Crippen LogP contribution in [0, 0.1) is 6.92 Å². The molecular weight excluding hydrogens is 330 g/mol. The van der Waals surface area contributed by atoms with Crippen molar-refractivity contribution >= 4 is 26.7 Å². The number of pyridine rings is 1. The molecule has 1 heterocycles. The number of halogens is 1. The van der Waals surface area contributed by atoms with Crippen LogP contribution in [0.25, 0.3) is 10.8 Å². The Balaban J connectivity index is 2.08. The number of aliphatic hydroxyl groups is 1. The van der Waals surface area contributed by atoms with E-state index in [-0.39, 0.29) is 6.61 Å². The molecule has 0 amide bonds. The van der Waals surface area contributed by atoms with Gasteiger partial charge in [-0.2, -0.15) is 0 Å². The number of fused-ring (bicyclic) bond motifs is 1. The first kappa shape index (κ1) is 14.0. The molecule has 3 nitrogen and oxygen atoms in total. The van der Waals surface area contributed by atoms with Crippen molar-refractivity contribution in [3.05, 3.63) is 64.3 Å². The molecule has 0 saturated carbocycles. The average Bonchev–Trinajstić information content (AvgIpc) is 2.51. The Bertz CT molecular complexity index is 802. The van der Waals surface area contributed by atoms with Crippen LogP contribution in [-0.4, -0.2) is 10.1 Å². The molecule has 1 aromatic heterocycles. The molecule has 3 rings (SSSR count). The maximum absolute atomic E-state index is 9.34. The second-order valence-corrected chi connectivity index (χ2v) is 5.67. The predicted molar refractivity (Wildman–Crippen MR) is 86.6 cm³/mol. The van der Waals surface area contributed by atoms with Crippen LogP contribution < -0.4 is 4.74 Å². The van der Waals surface area contributed by atoms with Gasteiger partial charge >= 0.3 is 0 Å². The minimum Gasteiger partial charge on any atom is -0.438 e. The summed E-state index contributed by atoms with van der Waals surface area (Å²) in [6.45, 7) is 1.90. The van der Waals surface area contributed by atoms with Crippen molar-refractivity contribution in [3.63, 3.8) is 0 Å². The van der Waals surface area contributed by atoms with E-state index in [0.717, 1.165) is 26.6 Å². The van der Waals surface area contributed by atoms with Crippen LogP contribution in [0.15, 0.2) is 53.0 Å². The van der Waals surface area contributed by atoms with E-state index in [9.17, 15) is 5.11 Å². The molecule has 0 radical (unpaired) electrons. The molecule has 0 aliphatic rings. The van der Waals surface area contributed by atoms with Crippen LogP contribution in [0.2, 0.25) is 0 Å². The predicted octanol–water partition coefficient (Wildman–Crippen LogP) is 4.59. The largest absolute Gasteiger partial charge is 0.438 e. The highest BCUT2D eigenvalue weighted by Crippen LogP contribution is 2.30. The molecule has 0 spiro atoms. The lowest BCUT2D eigenvalue weighted by atomic mass is 10.1. The number of aliphatic hydroxyl groups excluding tert-OH is 1. The number of aryl methyl sites for hydroxylation is 1. The Morgan fingerprint density at radius 2 is 1.95 bits per heavy atom. The van der Waals surface area contributed by atoms with Gasteiger partial charge in [-0.25, -0.2) is 4.98 Å². The quantitative estimate of drug-likeness (QED) is 0.756. The number of ether oxygens (including phenoxy) is 1. The molecule has 3 aromatic rings. The van der Waals surface area contributed by atoms with E-state index in [0.29, 0.717) is 11.6 Å². The number of hydrogen-bond donors (Lipinski definition) is 1. The summed E-state index contributed by atoms with van der Waals surface area (Å²) in [7, 11) is 0. The number of hydrogen-bond acceptors (Lipinski definition) is 3. The molecule has 0 atom stereocenters. The average molecular weight is 344 g/mol. The summed E-state index contributed by atoms with van der Waals surface area (Å²) in [4.78, 5) is 4.38. The van der Waals surface area contributed by atoms with Crippen molar-refractivity contribution in [2.45, 2.75) is 13.5 Å². The summed E-state index contributed by atoms with van der Waals surface area (Å²) in [5.41, 5.74) is 1.69. The Labute approximate surface area is 131 Å². The van der Waals surface area contributed by atoms with E-state index in [2.05, 4.69) is 20.9 Å². The SMILES string of the molecule is Cc1cc(Oc2nc(CO)cc3ccccc23)ccc1Br. The third kappa shape index (κ3) is 2.91. The van der Waals surface area contributed by atoms with Crippen LogP contribution >= 0.6 is 15.9 Å². The smallest absolute Gasteiger partial charge is 0.227 e. The van der Waals surface area contributed by atoms with Gasteiger partial charge in [0, 0.05) is 9.86 Å². The Morgan fingerprint density at radius 1 is 1.14 bits per heavy atom. The molecule has 0 unspecified atom stereocenters. The van der Waals surface area contributed by atoms with Gasteiger partial charge in [0.05, 0.1) is 12.3 Å². The van der Waals surface area contributed by atoms with Crippen LogP contribution in [0.4, 0.5) is 0 Å². The van der Waals surface area contributed by atoms with Gasteiger partial charge in [-0.15, -0.1) is 0 Å². The van der Waals surface area contributed by atoms with Gasteiger partial charge in [-0.1, -0.05) is 34.1 Å². The maximum Gasteiger partial charge on any atom is 0.227 e. The second kappa shape index (κ2) is 5.84. The van der Waals surface area contributed by atoms with E-state index in [1.54, 1.807) is 0 Å². The fraction of sp³-hybridized carbons (Fsp3) is 0.118. The summed E-state index contributed by atoms with van der Waals surface area (Å²) >= 11 is 3.47. The van der Waals surface area contributed by atoms with E-state index < -0.39 is 0 Å². The first-order valence-electron chi connectivity index (χ1n) is 6.61. The van der Waals surface area contributed by atoms with Crippen molar-refractivity contribution < 1.29 is 9.84 Å². The minimum atomic E-state index is -0.111. The summed E-state index contributed by atoms with van der Waals surface area (Å²) in [6.07, 6.45) is 0. The van der Waals surface area contributed by atoms with Crippen molar-refractivity contribution in [2.75, 3.05) is 0 Å². The van der Waals surface area contributed by atoms with E-state index in [1.807, 2.05) is 55.5 Å². The van der Waals surface area contributed by atoms with Crippen molar-refractivity contribution in [2.24, 2.45) is 0 Å². The fourth-order valence-corrected chi connectivity index (χ4v) is 2.42. The Morgan fingerprint density at radius 3 is 2.71 bits per heavy atom. The second-order valence-electron chi connectivity index (χ2n) is 4.81. The monoisotopic (exact) mass is 343 g/mol. The lowest BCUT2D eigenvalue weighted by Gasteiger charge is -2.10. The van der Waals surface area contributed by atoms with Crippen LogP contribution in [0.1, 0.15) is 11.3 Å². The number of aromatic nitrogens is 1. The topological polar surface area (TPSA) is 42.4 Å². The van der Waals surface area contributed by atoms with Gasteiger partial charge in [-0.05, 0) is 48.2 Å². The zero-order valence-corrected chi connectivity index (χ0v) is 13.1. The highest BCUT2D eigenvalue weighted by molar-refractivity contribution is 9.10. The maximum atomic E-state index is 9.34. The molecule has 4 heteroatoms. The van der Waals surface area contributed by atoms with Gasteiger partial charge in [0.15, 0.2) is 0 Å².